The van der Waals surface area contributed by atoms with Gasteiger partial charge in [0, 0.05) is 10.6 Å². The molecule has 4 aromatic rings. The normalized spacial score (nSPS) is 14.6. The zero-order valence-electron chi connectivity index (χ0n) is 19.7. The molecule has 2 amide bonds. The van der Waals surface area contributed by atoms with E-state index in [9.17, 15) is 14.0 Å². The largest absolute Gasteiger partial charge is 0.493 e. The molecule has 5 rings (SSSR count). The Morgan fingerprint density at radius 2 is 1.76 bits per heavy atom. The van der Waals surface area contributed by atoms with Gasteiger partial charge in [0.15, 0.2) is 11.5 Å². The molecule has 37 heavy (non-hydrogen) atoms. The van der Waals surface area contributed by atoms with Crippen molar-refractivity contribution in [1.29, 1.82) is 0 Å². The number of nitrogens with zero attached hydrogens (tertiary/aromatic N) is 1. The van der Waals surface area contributed by atoms with Gasteiger partial charge < -0.3 is 9.47 Å². The van der Waals surface area contributed by atoms with Gasteiger partial charge in [-0.15, -0.1) is 0 Å². The topological polar surface area (TPSA) is 55.8 Å². The molecule has 1 heterocycles. The van der Waals surface area contributed by atoms with Gasteiger partial charge in [0.1, 0.15) is 12.4 Å². The van der Waals surface area contributed by atoms with Crippen LogP contribution in [-0.2, 0) is 17.9 Å². The second-order valence-electron chi connectivity index (χ2n) is 8.31. The molecule has 0 radical (unpaired) electrons. The first-order valence-corrected chi connectivity index (χ1v) is 12.6. The number of hydrogen-bond acceptors (Lipinski definition) is 5. The SMILES string of the molecule is COc1cc(/C=C2\SC(=O)N(Cc3c(F)cccc3Cl)C2=O)ccc1OCc1cccc2ccccc12. The van der Waals surface area contributed by atoms with Crippen molar-refractivity contribution in [2.75, 3.05) is 7.11 Å². The van der Waals surface area contributed by atoms with Crippen LogP contribution < -0.4 is 9.47 Å². The monoisotopic (exact) mass is 533 g/mol. The van der Waals surface area contributed by atoms with Crippen LogP contribution in [0.4, 0.5) is 9.18 Å². The van der Waals surface area contributed by atoms with E-state index in [1.807, 2.05) is 24.3 Å². The van der Waals surface area contributed by atoms with Crippen molar-refractivity contribution in [3.8, 4) is 11.5 Å². The highest BCUT2D eigenvalue weighted by Gasteiger charge is 2.36. The molecule has 0 atom stereocenters. The van der Waals surface area contributed by atoms with Crippen LogP contribution in [0.5, 0.6) is 11.5 Å². The number of amides is 2. The zero-order valence-corrected chi connectivity index (χ0v) is 21.3. The van der Waals surface area contributed by atoms with Gasteiger partial charge in [-0.2, -0.15) is 0 Å². The number of rotatable bonds is 7. The van der Waals surface area contributed by atoms with E-state index in [0.29, 0.717) is 23.7 Å². The second kappa shape index (κ2) is 10.7. The molecule has 5 nitrogen and oxygen atoms in total. The molecule has 0 N–H and O–H groups in total. The number of hydrogen-bond donors (Lipinski definition) is 0. The van der Waals surface area contributed by atoms with E-state index in [1.165, 1.54) is 25.3 Å². The molecule has 1 saturated heterocycles. The first-order chi connectivity index (χ1) is 17.9. The van der Waals surface area contributed by atoms with Crippen molar-refractivity contribution in [1.82, 2.24) is 4.90 Å². The quantitative estimate of drug-likeness (QED) is 0.231. The van der Waals surface area contributed by atoms with Gasteiger partial charge in [-0.1, -0.05) is 66.2 Å². The van der Waals surface area contributed by atoms with Gasteiger partial charge in [-0.3, -0.25) is 14.5 Å². The number of imide groups is 1. The van der Waals surface area contributed by atoms with Crippen LogP contribution in [0.3, 0.4) is 0 Å². The summed E-state index contributed by atoms with van der Waals surface area (Å²) in [6.07, 6.45) is 1.60. The number of thioether (sulfide) groups is 1. The number of halogens is 2. The zero-order chi connectivity index (χ0) is 25.9. The lowest BCUT2D eigenvalue weighted by molar-refractivity contribution is -0.123. The number of carbonyl (C=O) groups is 2. The summed E-state index contributed by atoms with van der Waals surface area (Å²) in [5, 5.41) is 1.93. The summed E-state index contributed by atoms with van der Waals surface area (Å²) >= 11 is 6.87. The van der Waals surface area contributed by atoms with E-state index in [1.54, 1.807) is 24.3 Å². The van der Waals surface area contributed by atoms with Gasteiger partial charge >= 0.3 is 0 Å². The van der Waals surface area contributed by atoms with Crippen molar-refractivity contribution in [3.05, 3.63) is 111 Å². The molecule has 0 saturated carbocycles. The van der Waals surface area contributed by atoms with Crippen molar-refractivity contribution >= 4 is 51.4 Å². The number of fused-ring (bicyclic) bond motifs is 1. The van der Waals surface area contributed by atoms with Crippen LogP contribution in [0.25, 0.3) is 16.8 Å². The fourth-order valence-electron chi connectivity index (χ4n) is 4.10. The number of benzene rings is 4. The molecule has 1 fully saturated rings. The minimum atomic E-state index is -0.570. The third-order valence-corrected chi connectivity index (χ3v) is 7.26. The summed E-state index contributed by atoms with van der Waals surface area (Å²) in [5.74, 6) is -0.0369. The average molecular weight is 534 g/mol. The highest BCUT2D eigenvalue weighted by atomic mass is 35.5. The summed E-state index contributed by atoms with van der Waals surface area (Å²) < 4.78 is 25.8. The van der Waals surface area contributed by atoms with Crippen LogP contribution in [0.2, 0.25) is 5.02 Å². The Morgan fingerprint density at radius 1 is 0.973 bits per heavy atom. The molecule has 8 heteroatoms. The maximum absolute atomic E-state index is 14.2. The van der Waals surface area contributed by atoms with E-state index in [0.717, 1.165) is 33.0 Å². The Labute approximate surface area is 222 Å². The molecule has 0 spiro atoms. The van der Waals surface area contributed by atoms with E-state index >= 15 is 0 Å². The van der Waals surface area contributed by atoms with Crippen LogP contribution in [0.15, 0.2) is 83.8 Å². The molecular weight excluding hydrogens is 513 g/mol. The Kier molecular flexibility index (Phi) is 7.17. The van der Waals surface area contributed by atoms with Crippen molar-refractivity contribution < 1.29 is 23.5 Å². The summed E-state index contributed by atoms with van der Waals surface area (Å²) in [6, 6.07) is 23.7. The van der Waals surface area contributed by atoms with Crippen molar-refractivity contribution in [2.24, 2.45) is 0 Å². The third-order valence-electron chi connectivity index (χ3n) is 6.00. The first-order valence-electron chi connectivity index (χ1n) is 11.4. The van der Waals surface area contributed by atoms with Gasteiger partial charge in [0.05, 0.1) is 18.6 Å². The highest BCUT2D eigenvalue weighted by molar-refractivity contribution is 8.18. The fourth-order valence-corrected chi connectivity index (χ4v) is 5.16. The Bertz CT molecular complexity index is 1530. The molecule has 4 aromatic carbocycles. The van der Waals surface area contributed by atoms with Crippen LogP contribution in [-0.4, -0.2) is 23.2 Å². The number of methoxy groups -OCH3 is 1. The standard InChI is InChI=1S/C29H21ClFNO4S/c1-35-26-14-18(12-13-25(26)36-17-20-8-4-7-19-6-2-3-9-21(19)20)15-27-28(33)32(29(34)37-27)16-22-23(30)10-5-11-24(22)31/h2-15H,16-17H2,1H3/b27-15-. The van der Waals surface area contributed by atoms with E-state index < -0.39 is 17.0 Å². The minimum Gasteiger partial charge on any atom is -0.493 e. The van der Waals surface area contributed by atoms with Crippen LogP contribution in [0.1, 0.15) is 16.7 Å². The van der Waals surface area contributed by atoms with Crippen molar-refractivity contribution in [2.45, 2.75) is 13.2 Å². The Hall–Kier alpha value is -3.81. The van der Waals surface area contributed by atoms with Crippen molar-refractivity contribution in [3.63, 3.8) is 0 Å². The third kappa shape index (κ3) is 5.19. The molecule has 0 bridgehead atoms. The molecule has 0 aromatic heterocycles. The van der Waals surface area contributed by atoms with E-state index in [4.69, 9.17) is 21.1 Å². The Morgan fingerprint density at radius 3 is 2.57 bits per heavy atom. The molecule has 186 valence electrons. The summed E-state index contributed by atoms with van der Waals surface area (Å²) in [6.45, 7) is 0.117. The molecule has 0 aliphatic carbocycles. The first kappa shape index (κ1) is 24.9. The van der Waals surface area contributed by atoms with E-state index in [-0.39, 0.29) is 22.0 Å². The average Bonchev–Trinajstić information content (AvgIpc) is 3.17. The van der Waals surface area contributed by atoms with Crippen LogP contribution >= 0.6 is 23.4 Å². The smallest absolute Gasteiger partial charge is 0.293 e. The van der Waals surface area contributed by atoms with Crippen LogP contribution in [0, 0.1) is 5.82 Å². The minimum absolute atomic E-state index is 0.0992. The molecule has 1 aliphatic heterocycles. The summed E-state index contributed by atoms with van der Waals surface area (Å²) in [5.41, 5.74) is 1.80. The molecule has 1 aliphatic rings. The maximum Gasteiger partial charge on any atom is 0.293 e. The Balaban J connectivity index is 1.33. The lowest BCUT2D eigenvalue weighted by atomic mass is 10.1. The van der Waals surface area contributed by atoms with Gasteiger partial charge in [-0.25, -0.2) is 4.39 Å². The van der Waals surface area contributed by atoms with Gasteiger partial charge in [0.25, 0.3) is 11.1 Å². The number of carbonyl (C=O) groups excluding carboxylic acids is 2. The second-order valence-corrected chi connectivity index (χ2v) is 9.71. The number of ether oxygens (including phenoxy) is 2. The lowest BCUT2D eigenvalue weighted by Crippen LogP contribution is -2.28. The highest BCUT2D eigenvalue weighted by Crippen LogP contribution is 2.36. The maximum atomic E-state index is 14.2. The fraction of sp³-hybridized carbons (Fsp3) is 0.103. The van der Waals surface area contributed by atoms with Gasteiger partial charge in [0.2, 0.25) is 0 Å². The molecular formula is C29H21ClFNO4S. The van der Waals surface area contributed by atoms with E-state index in [2.05, 4.69) is 18.2 Å². The lowest BCUT2D eigenvalue weighted by Gasteiger charge is -2.14. The summed E-state index contributed by atoms with van der Waals surface area (Å²) in [4.78, 5) is 26.7. The van der Waals surface area contributed by atoms with Gasteiger partial charge in [-0.05, 0) is 64.0 Å². The predicted molar refractivity (Wildman–Crippen MR) is 144 cm³/mol. The molecule has 0 unspecified atom stereocenters. The summed E-state index contributed by atoms with van der Waals surface area (Å²) in [7, 11) is 1.54. The predicted octanol–water partition coefficient (Wildman–Crippen LogP) is 7.46.